The van der Waals surface area contributed by atoms with Crippen LogP contribution in [0.15, 0.2) is 47.1 Å². The van der Waals surface area contributed by atoms with Crippen LogP contribution in [0.3, 0.4) is 0 Å². The van der Waals surface area contributed by atoms with Crippen LogP contribution in [0.5, 0.6) is 0 Å². The van der Waals surface area contributed by atoms with Crippen LogP contribution in [0.2, 0.25) is 0 Å². The smallest absolute Gasteiger partial charge is 0.333 e. The molecule has 0 N–H and O–H groups in total. The van der Waals surface area contributed by atoms with E-state index in [1.807, 2.05) is 6.07 Å². The fourth-order valence-corrected chi connectivity index (χ4v) is 1.60. The molecular formula is C17H22O5. The van der Waals surface area contributed by atoms with Crippen molar-refractivity contribution in [2.45, 2.75) is 39.2 Å². The van der Waals surface area contributed by atoms with E-state index in [4.69, 9.17) is 13.9 Å². The Morgan fingerprint density at radius 3 is 2.64 bits per heavy atom. The van der Waals surface area contributed by atoms with Gasteiger partial charge in [0.25, 0.3) is 0 Å². The lowest BCUT2D eigenvalue weighted by Crippen LogP contribution is -2.19. The predicted molar refractivity (Wildman–Crippen MR) is 82.1 cm³/mol. The van der Waals surface area contributed by atoms with Crippen molar-refractivity contribution in [3.63, 3.8) is 0 Å². The number of carbonyl (C=O) groups excluding carboxylic acids is 2. The van der Waals surface area contributed by atoms with Crippen LogP contribution >= 0.6 is 0 Å². The summed E-state index contributed by atoms with van der Waals surface area (Å²) in [5, 5.41) is 0. The molecule has 0 fully saturated rings. The number of hydrogen-bond acceptors (Lipinski definition) is 5. The largest absolute Gasteiger partial charge is 0.469 e. The molecule has 0 aliphatic rings. The normalized spacial score (nSPS) is 11.5. The molecule has 1 rings (SSSR count). The zero-order chi connectivity index (χ0) is 16.5. The summed E-state index contributed by atoms with van der Waals surface area (Å²) < 4.78 is 15.4. The third kappa shape index (κ3) is 6.43. The Morgan fingerprint density at radius 1 is 1.32 bits per heavy atom. The minimum Gasteiger partial charge on any atom is -0.469 e. The average molecular weight is 306 g/mol. The van der Waals surface area contributed by atoms with Gasteiger partial charge in [0.15, 0.2) is 0 Å². The van der Waals surface area contributed by atoms with E-state index in [-0.39, 0.29) is 12.7 Å². The Hall–Kier alpha value is -2.30. The Morgan fingerprint density at radius 2 is 2.05 bits per heavy atom. The van der Waals surface area contributed by atoms with Crippen LogP contribution < -0.4 is 0 Å². The first-order valence-electron chi connectivity index (χ1n) is 7.14. The summed E-state index contributed by atoms with van der Waals surface area (Å²) in [6.07, 6.45) is 2.74. The van der Waals surface area contributed by atoms with Gasteiger partial charge in [-0.15, -0.1) is 0 Å². The van der Waals surface area contributed by atoms with E-state index in [2.05, 4.69) is 13.2 Å². The number of carbonyl (C=O) groups is 2. The highest BCUT2D eigenvalue weighted by Gasteiger charge is 2.14. The first-order chi connectivity index (χ1) is 10.4. The molecule has 0 spiro atoms. The minimum absolute atomic E-state index is 0.180. The Bertz CT molecular complexity index is 527. The van der Waals surface area contributed by atoms with Crippen LogP contribution in [-0.4, -0.2) is 24.6 Å². The summed E-state index contributed by atoms with van der Waals surface area (Å²) in [7, 11) is 0. The molecule has 0 amide bonds. The van der Waals surface area contributed by atoms with Crippen LogP contribution in [-0.2, 0) is 25.5 Å². The van der Waals surface area contributed by atoms with Crippen molar-refractivity contribution >= 4 is 11.9 Å². The molecule has 1 atom stereocenters. The topological polar surface area (TPSA) is 65.7 Å². The number of aryl methyl sites for hydroxylation is 1. The maximum atomic E-state index is 11.8. The predicted octanol–water partition coefficient (Wildman–Crippen LogP) is 3.21. The molecule has 0 aromatic carbocycles. The van der Waals surface area contributed by atoms with Gasteiger partial charge in [-0.3, -0.25) is 0 Å². The highest BCUT2D eigenvalue weighted by Crippen LogP contribution is 2.11. The molecule has 22 heavy (non-hydrogen) atoms. The minimum atomic E-state index is -0.443. The molecule has 0 aliphatic carbocycles. The summed E-state index contributed by atoms with van der Waals surface area (Å²) in [5.74, 6) is -0.0830. The Kier molecular flexibility index (Phi) is 7.16. The number of esters is 2. The molecule has 0 saturated carbocycles. The molecule has 5 nitrogen and oxygen atoms in total. The average Bonchev–Trinajstić information content (AvgIpc) is 2.97. The zero-order valence-corrected chi connectivity index (χ0v) is 13.1. The highest BCUT2D eigenvalue weighted by molar-refractivity contribution is 5.88. The quantitative estimate of drug-likeness (QED) is 0.518. The van der Waals surface area contributed by atoms with Crippen LogP contribution in [0.4, 0.5) is 0 Å². The molecular weight excluding hydrogens is 284 g/mol. The SMILES string of the molecule is C=C(C)C(=O)OCCC(C)OC(=O)C(=C)CCc1ccco1. The molecule has 1 aromatic heterocycles. The lowest BCUT2D eigenvalue weighted by atomic mass is 10.1. The molecule has 0 saturated heterocycles. The van der Waals surface area contributed by atoms with Crippen LogP contribution in [0.25, 0.3) is 0 Å². The molecule has 1 heterocycles. The monoisotopic (exact) mass is 306 g/mol. The molecule has 5 heteroatoms. The molecule has 0 radical (unpaired) electrons. The van der Waals surface area contributed by atoms with Gasteiger partial charge < -0.3 is 13.9 Å². The second-order valence-corrected chi connectivity index (χ2v) is 5.10. The molecule has 1 aromatic rings. The second kappa shape index (κ2) is 8.87. The summed E-state index contributed by atoms with van der Waals surface area (Å²) in [6, 6.07) is 3.64. The van der Waals surface area contributed by atoms with Crippen molar-refractivity contribution in [2.75, 3.05) is 6.61 Å². The maximum absolute atomic E-state index is 11.8. The third-order valence-electron chi connectivity index (χ3n) is 2.96. The van der Waals surface area contributed by atoms with E-state index < -0.39 is 11.9 Å². The summed E-state index contributed by atoms with van der Waals surface area (Å²) in [5.41, 5.74) is 0.734. The number of hydrogen-bond donors (Lipinski definition) is 0. The number of furan rings is 1. The first kappa shape index (κ1) is 17.8. The van der Waals surface area contributed by atoms with Gasteiger partial charge in [-0.05, 0) is 32.4 Å². The van der Waals surface area contributed by atoms with Gasteiger partial charge in [0.2, 0.25) is 0 Å². The first-order valence-corrected chi connectivity index (χ1v) is 7.14. The number of rotatable bonds is 9. The fraction of sp³-hybridized carbons (Fsp3) is 0.412. The van der Waals surface area contributed by atoms with Gasteiger partial charge in [0, 0.05) is 24.0 Å². The molecule has 0 bridgehead atoms. The van der Waals surface area contributed by atoms with E-state index in [1.165, 1.54) is 0 Å². The standard InChI is InChI=1S/C17H22O5/c1-12(2)16(18)21-11-9-14(4)22-17(19)13(3)7-8-15-6-5-10-20-15/h5-6,10,14H,1,3,7-9,11H2,2,4H3. The van der Waals surface area contributed by atoms with E-state index >= 15 is 0 Å². The van der Waals surface area contributed by atoms with Gasteiger partial charge in [-0.1, -0.05) is 13.2 Å². The molecule has 1 unspecified atom stereocenters. The van der Waals surface area contributed by atoms with Crippen molar-refractivity contribution < 1.29 is 23.5 Å². The van der Waals surface area contributed by atoms with Crippen LogP contribution in [0.1, 0.15) is 32.4 Å². The van der Waals surface area contributed by atoms with Gasteiger partial charge in [0.05, 0.1) is 12.9 Å². The highest BCUT2D eigenvalue weighted by atomic mass is 16.6. The summed E-state index contributed by atoms with van der Waals surface area (Å²) in [6.45, 7) is 10.7. The van der Waals surface area contributed by atoms with Crippen molar-refractivity contribution in [1.82, 2.24) is 0 Å². The second-order valence-electron chi connectivity index (χ2n) is 5.10. The zero-order valence-electron chi connectivity index (χ0n) is 13.1. The molecule has 120 valence electrons. The van der Waals surface area contributed by atoms with Crippen molar-refractivity contribution in [3.05, 3.63) is 48.5 Å². The lowest BCUT2D eigenvalue weighted by molar-refractivity contribution is -0.145. The van der Waals surface area contributed by atoms with E-state index in [1.54, 1.807) is 26.2 Å². The maximum Gasteiger partial charge on any atom is 0.333 e. The van der Waals surface area contributed by atoms with Gasteiger partial charge in [-0.2, -0.15) is 0 Å². The Balaban J connectivity index is 2.23. The van der Waals surface area contributed by atoms with E-state index in [0.29, 0.717) is 30.4 Å². The van der Waals surface area contributed by atoms with Gasteiger partial charge >= 0.3 is 11.9 Å². The van der Waals surface area contributed by atoms with Gasteiger partial charge in [-0.25, -0.2) is 9.59 Å². The molecule has 0 aliphatic heterocycles. The Labute approximate surface area is 130 Å². The summed E-state index contributed by atoms with van der Waals surface area (Å²) >= 11 is 0. The fourth-order valence-electron chi connectivity index (χ4n) is 1.60. The lowest BCUT2D eigenvalue weighted by Gasteiger charge is -2.14. The van der Waals surface area contributed by atoms with E-state index in [0.717, 1.165) is 5.76 Å². The van der Waals surface area contributed by atoms with Crippen LogP contribution in [0, 0.1) is 0 Å². The van der Waals surface area contributed by atoms with E-state index in [9.17, 15) is 9.59 Å². The third-order valence-corrected chi connectivity index (χ3v) is 2.96. The van der Waals surface area contributed by atoms with Crippen molar-refractivity contribution in [3.8, 4) is 0 Å². The van der Waals surface area contributed by atoms with Crippen molar-refractivity contribution in [1.29, 1.82) is 0 Å². The summed E-state index contributed by atoms with van der Waals surface area (Å²) in [4.78, 5) is 23.0. The van der Waals surface area contributed by atoms with Crippen molar-refractivity contribution in [2.24, 2.45) is 0 Å². The van der Waals surface area contributed by atoms with Gasteiger partial charge in [0.1, 0.15) is 11.9 Å². The number of ether oxygens (including phenoxy) is 2.